The maximum atomic E-state index is 13.1. The fourth-order valence-electron chi connectivity index (χ4n) is 1.83. The molecule has 0 radical (unpaired) electrons. The van der Waals surface area contributed by atoms with E-state index < -0.39 is 5.82 Å². The molecule has 1 heterocycles. The van der Waals surface area contributed by atoms with Crippen molar-refractivity contribution in [2.45, 2.75) is 12.5 Å². The normalized spacial score (nSPS) is 20.2. The van der Waals surface area contributed by atoms with Crippen molar-refractivity contribution in [1.82, 2.24) is 4.90 Å². The maximum Gasteiger partial charge on any atom is 0.254 e. The molecule has 0 aromatic heterocycles. The minimum Gasteiger partial charge on any atom is -0.337 e. The summed E-state index contributed by atoms with van der Waals surface area (Å²) in [6.07, 6.45) is 0.786. The van der Waals surface area contributed by atoms with E-state index in [1.54, 1.807) is 4.90 Å². The molecule has 1 aromatic carbocycles. The van der Waals surface area contributed by atoms with Crippen LogP contribution in [0.4, 0.5) is 4.39 Å². The molecule has 1 aliphatic heterocycles. The lowest BCUT2D eigenvalue weighted by Gasteiger charge is -2.15. The van der Waals surface area contributed by atoms with Gasteiger partial charge in [-0.05, 0) is 24.6 Å². The molecule has 0 aliphatic carbocycles. The zero-order chi connectivity index (χ0) is 11.7. The Morgan fingerprint density at radius 1 is 1.50 bits per heavy atom. The lowest BCUT2D eigenvalue weighted by atomic mass is 10.2. The topological polar surface area (TPSA) is 46.3 Å². The number of halogens is 2. The van der Waals surface area contributed by atoms with E-state index in [1.807, 2.05) is 0 Å². The van der Waals surface area contributed by atoms with Gasteiger partial charge in [-0.15, -0.1) is 0 Å². The SMILES string of the molecule is NC1CCN(C(=O)c2cc(F)cc(Cl)c2)C1. The average molecular weight is 243 g/mol. The van der Waals surface area contributed by atoms with Crippen LogP contribution in [-0.2, 0) is 0 Å². The summed E-state index contributed by atoms with van der Waals surface area (Å²) in [4.78, 5) is 13.6. The first kappa shape index (κ1) is 11.4. The summed E-state index contributed by atoms with van der Waals surface area (Å²) in [6, 6.07) is 3.86. The van der Waals surface area contributed by atoms with Gasteiger partial charge in [-0.2, -0.15) is 0 Å². The number of amides is 1. The third-order valence-electron chi connectivity index (χ3n) is 2.62. The Balaban J connectivity index is 2.20. The Kier molecular flexibility index (Phi) is 3.12. The molecule has 1 unspecified atom stereocenters. The van der Waals surface area contributed by atoms with Crippen LogP contribution in [0.1, 0.15) is 16.8 Å². The van der Waals surface area contributed by atoms with E-state index in [-0.39, 0.29) is 22.5 Å². The van der Waals surface area contributed by atoms with Crippen molar-refractivity contribution < 1.29 is 9.18 Å². The van der Waals surface area contributed by atoms with Crippen LogP contribution in [0.5, 0.6) is 0 Å². The van der Waals surface area contributed by atoms with Crippen LogP contribution >= 0.6 is 11.6 Å². The Labute approximate surface area is 98.0 Å². The first-order chi connectivity index (χ1) is 7.56. The van der Waals surface area contributed by atoms with Crippen molar-refractivity contribution in [2.24, 2.45) is 5.73 Å². The van der Waals surface area contributed by atoms with Crippen molar-refractivity contribution in [3.63, 3.8) is 0 Å². The number of benzene rings is 1. The van der Waals surface area contributed by atoms with Crippen molar-refractivity contribution in [2.75, 3.05) is 13.1 Å². The van der Waals surface area contributed by atoms with E-state index in [9.17, 15) is 9.18 Å². The van der Waals surface area contributed by atoms with Crippen LogP contribution in [0.2, 0.25) is 5.02 Å². The number of hydrogen-bond donors (Lipinski definition) is 1. The van der Waals surface area contributed by atoms with Gasteiger partial charge in [0.25, 0.3) is 5.91 Å². The fraction of sp³-hybridized carbons (Fsp3) is 0.364. The van der Waals surface area contributed by atoms with Gasteiger partial charge in [0.2, 0.25) is 0 Å². The van der Waals surface area contributed by atoms with Crippen LogP contribution in [0.25, 0.3) is 0 Å². The summed E-state index contributed by atoms with van der Waals surface area (Å²) >= 11 is 5.69. The van der Waals surface area contributed by atoms with Gasteiger partial charge in [-0.25, -0.2) is 4.39 Å². The second-order valence-corrected chi connectivity index (χ2v) is 4.39. The molecule has 0 spiro atoms. The number of nitrogens with zero attached hydrogens (tertiary/aromatic N) is 1. The van der Waals surface area contributed by atoms with Crippen molar-refractivity contribution in [3.05, 3.63) is 34.6 Å². The molecule has 1 atom stereocenters. The fourth-order valence-corrected chi connectivity index (χ4v) is 2.05. The largest absolute Gasteiger partial charge is 0.337 e. The van der Waals surface area contributed by atoms with Gasteiger partial charge in [0.1, 0.15) is 5.82 Å². The van der Waals surface area contributed by atoms with E-state index in [1.165, 1.54) is 18.2 Å². The Hall–Kier alpha value is -1.13. The zero-order valence-electron chi connectivity index (χ0n) is 8.62. The second-order valence-electron chi connectivity index (χ2n) is 3.96. The summed E-state index contributed by atoms with van der Waals surface area (Å²) in [7, 11) is 0. The monoisotopic (exact) mass is 242 g/mol. The minimum absolute atomic E-state index is 0.0213. The highest BCUT2D eigenvalue weighted by Gasteiger charge is 2.24. The summed E-state index contributed by atoms with van der Waals surface area (Å²) in [5.74, 6) is -0.714. The van der Waals surface area contributed by atoms with Crippen molar-refractivity contribution in [1.29, 1.82) is 0 Å². The van der Waals surface area contributed by atoms with Gasteiger partial charge in [0.15, 0.2) is 0 Å². The predicted octanol–water partition coefficient (Wildman–Crippen LogP) is 1.65. The Morgan fingerprint density at radius 2 is 2.25 bits per heavy atom. The molecule has 0 bridgehead atoms. The average Bonchev–Trinajstić information content (AvgIpc) is 2.62. The molecule has 5 heteroatoms. The minimum atomic E-state index is -0.501. The molecule has 0 saturated carbocycles. The van der Waals surface area contributed by atoms with E-state index >= 15 is 0 Å². The van der Waals surface area contributed by atoms with Gasteiger partial charge in [0.05, 0.1) is 0 Å². The second kappa shape index (κ2) is 4.39. The molecule has 1 aliphatic rings. The molecule has 1 fully saturated rings. The molecule has 16 heavy (non-hydrogen) atoms. The van der Waals surface area contributed by atoms with E-state index in [0.29, 0.717) is 13.1 Å². The molecule has 2 rings (SSSR count). The number of carbonyl (C=O) groups excluding carboxylic acids is 1. The van der Waals surface area contributed by atoms with E-state index in [2.05, 4.69) is 0 Å². The molecule has 3 nitrogen and oxygen atoms in total. The third-order valence-corrected chi connectivity index (χ3v) is 2.84. The number of hydrogen-bond acceptors (Lipinski definition) is 2. The van der Waals surface area contributed by atoms with Crippen LogP contribution in [0.15, 0.2) is 18.2 Å². The first-order valence-electron chi connectivity index (χ1n) is 5.07. The number of likely N-dealkylation sites (tertiary alicyclic amines) is 1. The molecule has 2 N–H and O–H groups in total. The summed E-state index contributed by atoms with van der Waals surface area (Å²) in [5.41, 5.74) is 5.98. The molecule has 1 aromatic rings. The van der Waals surface area contributed by atoms with Gasteiger partial charge in [-0.1, -0.05) is 11.6 Å². The van der Waals surface area contributed by atoms with Crippen LogP contribution in [-0.4, -0.2) is 29.9 Å². The number of carbonyl (C=O) groups is 1. The third kappa shape index (κ3) is 2.33. The van der Waals surface area contributed by atoms with Crippen LogP contribution in [0, 0.1) is 5.82 Å². The summed E-state index contributed by atoms with van der Waals surface area (Å²) in [6.45, 7) is 1.14. The molecule has 1 saturated heterocycles. The zero-order valence-corrected chi connectivity index (χ0v) is 9.38. The summed E-state index contributed by atoms with van der Waals surface area (Å²) in [5, 5.41) is 0.229. The molecular weight excluding hydrogens is 231 g/mol. The van der Waals surface area contributed by atoms with Crippen molar-refractivity contribution >= 4 is 17.5 Å². The Bertz CT molecular complexity index is 404. The number of rotatable bonds is 1. The molecule has 86 valence electrons. The quantitative estimate of drug-likeness (QED) is 0.814. The molecule has 1 amide bonds. The van der Waals surface area contributed by atoms with E-state index in [0.717, 1.165) is 6.42 Å². The highest BCUT2D eigenvalue weighted by Crippen LogP contribution is 2.18. The highest BCUT2D eigenvalue weighted by molar-refractivity contribution is 6.31. The standard InChI is InChI=1S/C11H12ClFN2O/c12-8-3-7(4-9(13)5-8)11(16)15-2-1-10(14)6-15/h3-5,10H,1-2,6,14H2. The lowest BCUT2D eigenvalue weighted by molar-refractivity contribution is 0.0790. The van der Waals surface area contributed by atoms with Crippen LogP contribution in [0.3, 0.4) is 0 Å². The van der Waals surface area contributed by atoms with Gasteiger partial charge in [-0.3, -0.25) is 4.79 Å². The number of nitrogens with two attached hydrogens (primary N) is 1. The lowest BCUT2D eigenvalue weighted by Crippen LogP contribution is -2.31. The van der Waals surface area contributed by atoms with Gasteiger partial charge >= 0.3 is 0 Å². The smallest absolute Gasteiger partial charge is 0.254 e. The Morgan fingerprint density at radius 3 is 2.81 bits per heavy atom. The van der Waals surface area contributed by atoms with E-state index in [4.69, 9.17) is 17.3 Å². The first-order valence-corrected chi connectivity index (χ1v) is 5.45. The van der Waals surface area contributed by atoms with Crippen molar-refractivity contribution in [3.8, 4) is 0 Å². The highest BCUT2D eigenvalue weighted by atomic mass is 35.5. The van der Waals surface area contributed by atoms with Gasteiger partial charge < -0.3 is 10.6 Å². The summed E-state index contributed by atoms with van der Waals surface area (Å²) < 4.78 is 13.1. The van der Waals surface area contributed by atoms with Crippen LogP contribution < -0.4 is 5.73 Å². The maximum absolute atomic E-state index is 13.1. The van der Waals surface area contributed by atoms with Gasteiger partial charge in [0, 0.05) is 29.7 Å². The molecular formula is C11H12ClFN2O. The predicted molar refractivity (Wildman–Crippen MR) is 59.9 cm³/mol.